The van der Waals surface area contributed by atoms with Gasteiger partial charge in [0.25, 0.3) is 5.91 Å². The highest BCUT2D eigenvalue weighted by molar-refractivity contribution is 5.96. The van der Waals surface area contributed by atoms with Gasteiger partial charge in [-0.2, -0.15) is 9.97 Å². The number of piperazine rings is 1. The summed E-state index contributed by atoms with van der Waals surface area (Å²) < 4.78 is 25.5. The summed E-state index contributed by atoms with van der Waals surface area (Å²) in [5, 5.41) is 2.27. The standard InChI is InChI=1S/C31H34FN7O3/c1-20-5-4-6-22-15-34-17-27(28(20)22)37-10-9-25-26(19-37)35-31(42-14-13-41-24-7-8-24)36-29(25)38-11-12-39(30(40)21(2)32)23(18-38)16-33-3/h4-6,15,17,23-24H,2,7-14,16,18-19H2,1H3/t23-/m0/s1. The smallest absolute Gasteiger partial charge is 0.318 e. The summed E-state index contributed by atoms with van der Waals surface area (Å²) in [6, 6.07) is 6.02. The molecule has 42 heavy (non-hydrogen) atoms. The lowest BCUT2D eigenvalue weighted by atomic mass is 10.0. The van der Waals surface area contributed by atoms with E-state index in [2.05, 4.69) is 45.3 Å². The molecule has 1 amide bonds. The van der Waals surface area contributed by atoms with E-state index in [4.69, 9.17) is 26.0 Å². The molecule has 1 saturated heterocycles. The number of rotatable bonds is 9. The Balaban J connectivity index is 1.31. The molecule has 1 aliphatic carbocycles. The summed E-state index contributed by atoms with van der Waals surface area (Å²) in [6.07, 6.45) is 7.02. The molecule has 0 radical (unpaired) electrons. The largest absolute Gasteiger partial charge is 0.461 e. The Kier molecular flexibility index (Phi) is 7.89. The van der Waals surface area contributed by atoms with Gasteiger partial charge in [-0.05, 0) is 31.7 Å². The summed E-state index contributed by atoms with van der Waals surface area (Å²) in [6.45, 7) is 15.9. The molecule has 2 aliphatic heterocycles. The minimum absolute atomic E-state index is 0.0614. The number of aromatic nitrogens is 3. The van der Waals surface area contributed by atoms with E-state index in [1.165, 1.54) is 15.8 Å². The van der Waals surface area contributed by atoms with E-state index < -0.39 is 17.8 Å². The second kappa shape index (κ2) is 11.9. The number of anilines is 2. The maximum Gasteiger partial charge on any atom is 0.318 e. The van der Waals surface area contributed by atoms with Crippen LogP contribution in [0.25, 0.3) is 15.6 Å². The summed E-state index contributed by atoms with van der Waals surface area (Å²) in [7, 11) is 0. The Labute approximate surface area is 244 Å². The molecule has 1 aromatic carbocycles. The van der Waals surface area contributed by atoms with Gasteiger partial charge in [0, 0.05) is 48.7 Å². The molecule has 3 aliphatic rings. The van der Waals surface area contributed by atoms with Crippen LogP contribution >= 0.6 is 0 Å². The minimum Gasteiger partial charge on any atom is -0.461 e. The van der Waals surface area contributed by atoms with Crippen LogP contribution in [0.1, 0.15) is 29.7 Å². The van der Waals surface area contributed by atoms with Crippen molar-refractivity contribution in [2.24, 2.45) is 0 Å². The fourth-order valence-corrected chi connectivity index (χ4v) is 5.88. The van der Waals surface area contributed by atoms with Gasteiger partial charge in [-0.3, -0.25) is 9.78 Å². The van der Waals surface area contributed by atoms with Gasteiger partial charge in [0.15, 0.2) is 5.83 Å². The fourth-order valence-electron chi connectivity index (χ4n) is 5.88. The molecule has 1 saturated carbocycles. The van der Waals surface area contributed by atoms with Crippen molar-refractivity contribution in [1.82, 2.24) is 19.9 Å². The van der Waals surface area contributed by atoms with Crippen LogP contribution in [-0.2, 0) is 22.5 Å². The lowest BCUT2D eigenvalue weighted by Gasteiger charge is -2.41. The number of aryl methyl sites for hydroxylation is 1. The molecule has 2 fully saturated rings. The van der Waals surface area contributed by atoms with Crippen molar-refractivity contribution in [3.8, 4) is 6.01 Å². The van der Waals surface area contributed by atoms with Gasteiger partial charge in [-0.25, -0.2) is 11.0 Å². The highest BCUT2D eigenvalue weighted by Gasteiger charge is 2.36. The minimum atomic E-state index is -1.01. The average molecular weight is 572 g/mol. The maximum atomic E-state index is 13.8. The first-order chi connectivity index (χ1) is 20.4. The number of hydrogen-bond donors (Lipinski definition) is 0. The van der Waals surface area contributed by atoms with E-state index >= 15 is 0 Å². The molecule has 1 atom stereocenters. The lowest BCUT2D eigenvalue weighted by Crippen LogP contribution is -2.57. The molecule has 0 N–H and O–H groups in total. The number of carbonyl (C=O) groups excluding carboxylic acids is 1. The summed E-state index contributed by atoms with van der Waals surface area (Å²) in [5.74, 6) is -1.03. The van der Waals surface area contributed by atoms with E-state index in [1.54, 1.807) is 0 Å². The third-order valence-corrected chi connectivity index (χ3v) is 8.10. The van der Waals surface area contributed by atoms with Gasteiger partial charge < -0.3 is 29.0 Å². The van der Waals surface area contributed by atoms with Crippen molar-refractivity contribution < 1.29 is 18.7 Å². The predicted octanol–water partition coefficient (Wildman–Crippen LogP) is 3.87. The SMILES string of the molecule is [C-]#[N+]C[C@H]1CN(c2nc(OCCOC3CC3)nc3c2CCN(c2cncc4cccc(C)c24)C3)CCN1C(=O)C(=C)F. The zero-order chi connectivity index (χ0) is 29.2. The quantitative estimate of drug-likeness (QED) is 0.217. The number of hydrogen-bond acceptors (Lipinski definition) is 8. The van der Waals surface area contributed by atoms with Gasteiger partial charge in [0.2, 0.25) is 6.54 Å². The second-order valence-electron chi connectivity index (χ2n) is 11.0. The summed E-state index contributed by atoms with van der Waals surface area (Å²) >= 11 is 0. The second-order valence-corrected chi connectivity index (χ2v) is 11.0. The number of nitrogens with zero attached hydrogens (tertiary/aromatic N) is 7. The normalized spacial score (nSPS) is 18.5. The van der Waals surface area contributed by atoms with Crippen molar-refractivity contribution in [2.45, 2.75) is 44.9 Å². The molecule has 0 bridgehead atoms. The zero-order valence-corrected chi connectivity index (χ0v) is 23.8. The Morgan fingerprint density at radius 3 is 2.81 bits per heavy atom. The Hall–Kier alpha value is -4.30. The third-order valence-electron chi connectivity index (χ3n) is 8.10. The highest BCUT2D eigenvalue weighted by Crippen LogP contribution is 2.35. The van der Waals surface area contributed by atoms with Crippen LogP contribution in [0.2, 0.25) is 0 Å². The highest BCUT2D eigenvalue weighted by atomic mass is 19.1. The van der Waals surface area contributed by atoms with Crippen molar-refractivity contribution >= 4 is 28.2 Å². The first kappa shape index (κ1) is 27.8. The Bertz CT molecular complexity index is 1550. The molecule has 4 heterocycles. The number of pyridine rings is 1. The van der Waals surface area contributed by atoms with Crippen molar-refractivity contribution in [2.75, 3.05) is 55.7 Å². The van der Waals surface area contributed by atoms with Gasteiger partial charge >= 0.3 is 6.01 Å². The van der Waals surface area contributed by atoms with Crippen LogP contribution in [0, 0.1) is 13.5 Å². The van der Waals surface area contributed by atoms with Crippen LogP contribution in [-0.4, -0.2) is 83.8 Å². The van der Waals surface area contributed by atoms with Crippen LogP contribution < -0.4 is 14.5 Å². The molecule has 3 aromatic rings. The molecule has 11 heteroatoms. The molecular formula is C31H34FN7O3. The summed E-state index contributed by atoms with van der Waals surface area (Å²) in [4.78, 5) is 36.0. The monoisotopic (exact) mass is 571 g/mol. The molecule has 218 valence electrons. The van der Waals surface area contributed by atoms with Gasteiger partial charge in [-0.1, -0.05) is 24.8 Å². The molecular weight excluding hydrogens is 537 g/mol. The van der Waals surface area contributed by atoms with Gasteiger partial charge in [-0.15, -0.1) is 0 Å². The molecule has 2 aromatic heterocycles. The molecule has 10 nitrogen and oxygen atoms in total. The zero-order valence-electron chi connectivity index (χ0n) is 23.8. The summed E-state index contributed by atoms with van der Waals surface area (Å²) in [5.41, 5.74) is 4.14. The molecule has 0 spiro atoms. The van der Waals surface area contributed by atoms with Gasteiger partial charge in [0.1, 0.15) is 18.5 Å². The first-order valence-electron chi connectivity index (χ1n) is 14.4. The van der Waals surface area contributed by atoms with Crippen LogP contribution in [0.4, 0.5) is 15.9 Å². The van der Waals surface area contributed by atoms with Gasteiger partial charge in [0.05, 0.1) is 36.8 Å². The van der Waals surface area contributed by atoms with Crippen LogP contribution in [0.5, 0.6) is 6.01 Å². The van der Waals surface area contributed by atoms with Crippen molar-refractivity contribution in [3.05, 3.63) is 71.2 Å². The third kappa shape index (κ3) is 5.72. The number of amides is 1. The number of benzene rings is 1. The van der Waals surface area contributed by atoms with E-state index in [0.717, 1.165) is 47.5 Å². The number of carbonyl (C=O) groups is 1. The van der Waals surface area contributed by atoms with Crippen LogP contribution in [0.3, 0.4) is 0 Å². The fraction of sp³-hybridized carbons (Fsp3) is 0.452. The number of fused-ring (bicyclic) bond motifs is 2. The van der Waals surface area contributed by atoms with E-state index in [-0.39, 0.29) is 19.1 Å². The van der Waals surface area contributed by atoms with Crippen molar-refractivity contribution in [1.29, 1.82) is 0 Å². The van der Waals surface area contributed by atoms with E-state index in [1.807, 2.05) is 18.5 Å². The predicted molar refractivity (Wildman–Crippen MR) is 157 cm³/mol. The number of ether oxygens (including phenoxy) is 2. The molecule has 0 unspecified atom stereocenters. The van der Waals surface area contributed by atoms with E-state index in [9.17, 15) is 9.18 Å². The van der Waals surface area contributed by atoms with Crippen molar-refractivity contribution in [3.63, 3.8) is 0 Å². The Morgan fingerprint density at radius 1 is 1.17 bits per heavy atom. The molecule has 6 rings (SSSR count). The lowest BCUT2D eigenvalue weighted by molar-refractivity contribution is -0.131. The maximum absolute atomic E-state index is 13.8. The topological polar surface area (TPSA) is 88.3 Å². The van der Waals surface area contributed by atoms with Crippen LogP contribution in [0.15, 0.2) is 43.0 Å². The Morgan fingerprint density at radius 2 is 2.02 bits per heavy atom. The average Bonchev–Trinajstić information content (AvgIpc) is 3.83. The first-order valence-corrected chi connectivity index (χ1v) is 14.4. The van der Waals surface area contributed by atoms with E-state index in [0.29, 0.717) is 45.4 Å². The number of halogens is 1.